The van der Waals surface area contributed by atoms with E-state index in [1.165, 1.54) is 23.1 Å². The number of likely N-dealkylation sites (N-methyl/N-ethyl adjacent to an activating group) is 1. The van der Waals surface area contributed by atoms with Crippen molar-refractivity contribution in [3.63, 3.8) is 0 Å². The number of hydrogen-bond donors (Lipinski definition) is 2. The molecule has 6 nitrogen and oxygen atoms in total. The summed E-state index contributed by atoms with van der Waals surface area (Å²) in [6.07, 6.45) is 0. The molecule has 106 valence electrons. The molecule has 7 heteroatoms. The second-order valence-electron chi connectivity index (χ2n) is 3.89. The van der Waals surface area contributed by atoms with E-state index < -0.39 is 10.0 Å². The number of nitrogens with zero attached hydrogens (tertiary/aromatic N) is 1. The highest BCUT2D eigenvalue weighted by atomic mass is 32.2. The first kappa shape index (κ1) is 15.5. The molecule has 0 saturated heterocycles. The average molecular weight is 286 g/mol. The second-order valence-corrected chi connectivity index (χ2v) is 5.65. The molecule has 1 aromatic rings. The third-order valence-electron chi connectivity index (χ3n) is 2.66. The van der Waals surface area contributed by atoms with Crippen LogP contribution in [0.15, 0.2) is 29.2 Å². The Kier molecular flexibility index (Phi) is 5.31. The summed E-state index contributed by atoms with van der Waals surface area (Å²) < 4.78 is 26.0. The molecule has 0 aliphatic carbocycles. The minimum atomic E-state index is -3.79. The van der Waals surface area contributed by atoms with Gasteiger partial charge in [0.2, 0.25) is 15.9 Å². The van der Waals surface area contributed by atoms with Crippen LogP contribution >= 0.6 is 0 Å². The van der Waals surface area contributed by atoms with Crippen molar-refractivity contribution in [2.24, 2.45) is 0 Å². The van der Waals surface area contributed by atoms with E-state index in [1.807, 2.05) is 13.8 Å². The van der Waals surface area contributed by atoms with Gasteiger partial charge in [0.15, 0.2) is 0 Å². The van der Waals surface area contributed by atoms with Crippen LogP contribution in [0.1, 0.15) is 13.8 Å². The largest absolute Gasteiger partial charge is 0.508 e. The monoisotopic (exact) mass is 286 g/mol. The van der Waals surface area contributed by atoms with Gasteiger partial charge in [-0.15, -0.1) is 0 Å². The Morgan fingerprint density at radius 2 is 1.95 bits per heavy atom. The second kappa shape index (κ2) is 6.53. The Hall–Kier alpha value is -1.60. The first-order valence-corrected chi connectivity index (χ1v) is 7.45. The van der Waals surface area contributed by atoms with Crippen molar-refractivity contribution >= 4 is 15.9 Å². The van der Waals surface area contributed by atoms with E-state index >= 15 is 0 Å². The number of benzene rings is 1. The number of nitrogens with one attached hydrogen (secondary N) is 1. The Labute approximate surface area is 113 Å². The number of rotatable bonds is 6. The maximum absolute atomic E-state index is 11.9. The Balaban J connectivity index is 2.74. The molecule has 0 aliphatic rings. The van der Waals surface area contributed by atoms with Crippen LogP contribution in [0.5, 0.6) is 5.75 Å². The van der Waals surface area contributed by atoms with Crippen LogP contribution in [0, 0.1) is 0 Å². The van der Waals surface area contributed by atoms with Crippen LogP contribution in [0.25, 0.3) is 0 Å². The zero-order valence-electron chi connectivity index (χ0n) is 11.0. The van der Waals surface area contributed by atoms with Gasteiger partial charge in [-0.1, -0.05) is 6.07 Å². The number of carbonyl (C=O) groups excluding carboxylic acids is 1. The summed E-state index contributed by atoms with van der Waals surface area (Å²) in [6, 6.07) is 5.28. The van der Waals surface area contributed by atoms with Crippen molar-refractivity contribution in [2.75, 3.05) is 19.6 Å². The molecule has 0 fully saturated rings. The number of amides is 1. The quantitative estimate of drug-likeness (QED) is 0.799. The predicted molar refractivity (Wildman–Crippen MR) is 71.2 cm³/mol. The lowest BCUT2D eigenvalue weighted by Crippen LogP contribution is -2.39. The molecule has 0 unspecified atom stereocenters. The van der Waals surface area contributed by atoms with E-state index in [4.69, 9.17) is 0 Å². The Bertz CT molecular complexity index is 538. The van der Waals surface area contributed by atoms with Crippen LogP contribution in [-0.2, 0) is 14.8 Å². The predicted octanol–water partition coefficient (Wildman–Crippen LogP) is 0.539. The molecule has 0 aliphatic heterocycles. The van der Waals surface area contributed by atoms with Crippen molar-refractivity contribution in [3.8, 4) is 5.75 Å². The van der Waals surface area contributed by atoms with Crippen molar-refractivity contribution in [3.05, 3.63) is 24.3 Å². The van der Waals surface area contributed by atoms with Crippen molar-refractivity contribution in [1.29, 1.82) is 0 Å². The van der Waals surface area contributed by atoms with Gasteiger partial charge in [-0.3, -0.25) is 4.79 Å². The fourth-order valence-corrected chi connectivity index (χ4v) is 2.59. The molecular formula is C12H18N2O4S. The van der Waals surface area contributed by atoms with Crippen LogP contribution in [0.4, 0.5) is 0 Å². The van der Waals surface area contributed by atoms with Crippen LogP contribution in [0.2, 0.25) is 0 Å². The summed E-state index contributed by atoms with van der Waals surface area (Å²) in [6.45, 7) is 4.42. The lowest BCUT2D eigenvalue weighted by atomic mass is 10.3. The van der Waals surface area contributed by atoms with Gasteiger partial charge in [-0.25, -0.2) is 13.1 Å². The van der Waals surface area contributed by atoms with Gasteiger partial charge in [-0.05, 0) is 32.0 Å². The van der Waals surface area contributed by atoms with Crippen LogP contribution in [0.3, 0.4) is 0 Å². The molecule has 1 rings (SSSR count). The van der Waals surface area contributed by atoms with E-state index in [0.29, 0.717) is 13.1 Å². The van der Waals surface area contributed by atoms with Crippen molar-refractivity contribution in [2.45, 2.75) is 18.7 Å². The standard InChI is InChI=1S/C12H18N2O4S/c1-3-14(4-2)12(16)9-13-19(17,18)11-7-5-6-10(15)8-11/h5-8,13,15H,3-4,9H2,1-2H3. The van der Waals surface area contributed by atoms with Gasteiger partial charge in [0.05, 0.1) is 11.4 Å². The SMILES string of the molecule is CCN(CC)C(=O)CNS(=O)(=O)c1cccc(O)c1. The molecule has 0 atom stereocenters. The molecule has 0 spiro atoms. The first-order valence-electron chi connectivity index (χ1n) is 5.97. The number of phenolic OH excluding ortho intramolecular Hbond substituents is 1. The highest BCUT2D eigenvalue weighted by Gasteiger charge is 2.17. The number of carbonyl (C=O) groups is 1. The van der Waals surface area contributed by atoms with Gasteiger partial charge in [-0.2, -0.15) is 0 Å². The normalized spacial score (nSPS) is 11.3. The molecule has 1 amide bonds. The van der Waals surface area contributed by atoms with E-state index in [2.05, 4.69) is 4.72 Å². The smallest absolute Gasteiger partial charge is 0.241 e. The van der Waals surface area contributed by atoms with Crippen LogP contribution < -0.4 is 4.72 Å². The molecule has 1 aromatic carbocycles. The summed E-state index contributed by atoms with van der Waals surface area (Å²) in [5.41, 5.74) is 0. The average Bonchev–Trinajstić information content (AvgIpc) is 2.38. The Morgan fingerprint density at radius 3 is 2.47 bits per heavy atom. The summed E-state index contributed by atoms with van der Waals surface area (Å²) in [4.78, 5) is 13.2. The maximum Gasteiger partial charge on any atom is 0.241 e. The zero-order valence-corrected chi connectivity index (χ0v) is 11.8. The summed E-state index contributed by atoms with van der Waals surface area (Å²) in [7, 11) is -3.79. The highest BCUT2D eigenvalue weighted by Crippen LogP contribution is 2.15. The molecular weight excluding hydrogens is 268 g/mol. The lowest BCUT2D eigenvalue weighted by Gasteiger charge is -2.18. The van der Waals surface area contributed by atoms with Gasteiger partial charge >= 0.3 is 0 Å². The third-order valence-corrected chi connectivity index (χ3v) is 4.06. The molecule has 0 radical (unpaired) electrons. The van der Waals surface area contributed by atoms with E-state index in [1.54, 1.807) is 0 Å². The zero-order chi connectivity index (χ0) is 14.5. The molecule has 0 saturated carbocycles. The van der Waals surface area contributed by atoms with Crippen molar-refractivity contribution < 1.29 is 18.3 Å². The van der Waals surface area contributed by atoms with E-state index in [9.17, 15) is 18.3 Å². The van der Waals surface area contributed by atoms with Crippen LogP contribution in [-0.4, -0.2) is 44.0 Å². The number of sulfonamides is 1. The summed E-state index contributed by atoms with van der Waals surface area (Å²) in [5.74, 6) is -0.424. The van der Waals surface area contributed by atoms with E-state index in [-0.39, 0.29) is 23.1 Å². The number of phenols is 1. The lowest BCUT2D eigenvalue weighted by molar-refractivity contribution is -0.129. The Morgan fingerprint density at radius 1 is 1.32 bits per heavy atom. The summed E-state index contributed by atoms with van der Waals surface area (Å²) >= 11 is 0. The van der Waals surface area contributed by atoms with Gasteiger partial charge in [0.25, 0.3) is 0 Å². The third kappa shape index (κ3) is 4.22. The summed E-state index contributed by atoms with van der Waals surface area (Å²) in [5, 5.41) is 9.25. The minimum Gasteiger partial charge on any atom is -0.508 e. The molecule has 0 aromatic heterocycles. The maximum atomic E-state index is 11.9. The molecule has 19 heavy (non-hydrogen) atoms. The minimum absolute atomic E-state index is 0.0696. The highest BCUT2D eigenvalue weighted by molar-refractivity contribution is 7.89. The van der Waals surface area contributed by atoms with Crippen molar-refractivity contribution in [1.82, 2.24) is 9.62 Å². The van der Waals surface area contributed by atoms with E-state index in [0.717, 1.165) is 6.07 Å². The fraction of sp³-hybridized carbons (Fsp3) is 0.417. The first-order chi connectivity index (χ1) is 8.90. The van der Waals surface area contributed by atoms with Gasteiger partial charge in [0, 0.05) is 13.1 Å². The number of aromatic hydroxyl groups is 1. The molecule has 2 N–H and O–H groups in total. The fourth-order valence-electron chi connectivity index (χ4n) is 1.58. The topological polar surface area (TPSA) is 86.7 Å². The van der Waals surface area contributed by atoms with Gasteiger partial charge in [0.1, 0.15) is 5.75 Å². The number of hydrogen-bond acceptors (Lipinski definition) is 4. The molecule has 0 bridgehead atoms. The van der Waals surface area contributed by atoms with Gasteiger partial charge < -0.3 is 10.0 Å². The molecule has 0 heterocycles.